The van der Waals surface area contributed by atoms with E-state index in [1.807, 2.05) is 53.8 Å². The maximum absolute atomic E-state index is 12.5. The molecule has 24 heavy (non-hydrogen) atoms. The molecule has 0 aliphatic heterocycles. The standard InChI is InChI=1S/C19H23N3O2/c1-14(15-9-5-3-6-10-15)13-21-17(16-11-7-4-8-12-16)18(23)22-19(24)20-2/h3-12,14,17,21H,13H2,1-2H3,(H2,20,22,23,24)/p+1/t14-,17+/m1/s1. The van der Waals surface area contributed by atoms with Crippen LogP contribution in [0.2, 0.25) is 0 Å². The molecule has 2 atom stereocenters. The second kappa shape index (κ2) is 8.84. The number of rotatable bonds is 6. The molecule has 0 unspecified atom stereocenters. The molecule has 2 rings (SSSR count). The smallest absolute Gasteiger partial charge is 0.321 e. The molecule has 2 aromatic carbocycles. The Kier molecular flexibility index (Phi) is 6.51. The number of nitrogens with one attached hydrogen (secondary N) is 2. The zero-order chi connectivity index (χ0) is 17.4. The van der Waals surface area contributed by atoms with Crippen LogP contribution in [0.5, 0.6) is 0 Å². The number of carbonyl (C=O) groups is 2. The minimum atomic E-state index is -0.495. The molecule has 0 bridgehead atoms. The number of hydrogen-bond acceptors (Lipinski definition) is 2. The summed E-state index contributed by atoms with van der Waals surface area (Å²) in [6.07, 6.45) is 0. The molecule has 3 amide bonds. The van der Waals surface area contributed by atoms with Gasteiger partial charge in [-0.15, -0.1) is 0 Å². The fourth-order valence-electron chi connectivity index (χ4n) is 2.56. The molecule has 0 radical (unpaired) electrons. The highest BCUT2D eigenvalue weighted by molar-refractivity contribution is 5.96. The number of nitrogens with two attached hydrogens (primary N) is 1. The molecule has 4 N–H and O–H groups in total. The Balaban J connectivity index is 2.08. The van der Waals surface area contributed by atoms with Gasteiger partial charge in [0.05, 0.1) is 6.54 Å². The largest absolute Gasteiger partial charge is 0.341 e. The SMILES string of the molecule is CNC(=O)NC(=O)[C@@H]([NH2+]C[C@@H](C)c1ccccc1)c1ccccc1. The zero-order valence-corrected chi connectivity index (χ0v) is 14.0. The van der Waals surface area contributed by atoms with Crippen molar-refractivity contribution in [2.24, 2.45) is 0 Å². The predicted octanol–water partition coefficient (Wildman–Crippen LogP) is 1.55. The van der Waals surface area contributed by atoms with Crippen molar-refractivity contribution in [2.75, 3.05) is 13.6 Å². The highest BCUT2D eigenvalue weighted by Gasteiger charge is 2.26. The van der Waals surface area contributed by atoms with Crippen molar-refractivity contribution in [3.8, 4) is 0 Å². The van der Waals surface area contributed by atoms with Crippen LogP contribution in [0, 0.1) is 0 Å². The number of carbonyl (C=O) groups excluding carboxylic acids is 2. The van der Waals surface area contributed by atoms with Gasteiger partial charge in [0, 0.05) is 18.5 Å². The Labute approximate surface area is 142 Å². The van der Waals surface area contributed by atoms with E-state index in [-0.39, 0.29) is 5.91 Å². The summed E-state index contributed by atoms with van der Waals surface area (Å²) in [5.74, 6) is -0.0222. The average molecular weight is 326 g/mol. The highest BCUT2D eigenvalue weighted by Crippen LogP contribution is 2.13. The molecule has 0 fully saturated rings. The number of amides is 3. The van der Waals surface area contributed by atoms with Crippen LogP contribution < -0.4 is 16.0 Å². The van der Waals surface area contributed by atoms with E-state index in [4.69, 9.17) is 0 Å². The van der Waals surface area contributed by atoms with Gasteiger partial charge >= 0.3 is 6.03 Å². The van der Waals surface area contributed by atoms with Crippen molar-refractivity contribution in [2.45, 2.75) is 18.9 Å². The first-order valence-electron chi connectivity index (χ1n) is 8.07. The average Bonchev–Trinajstić information content (AvgIpc) is 2.63. The number of quaternary nitrogens is 1. The summed E-state index contributed by atoms with van der Waals surface area (Å²) >= 11 is 0. The fourth-order valence-corrected chi connectivity index (χ4v) is 2.56. The zero-order valence-electron chi connectivity index (χ0n) is 14.0. The van der Waals surface area contributed by atoms with Gasteiger partial charge in [0.15, 0.2) is 6.04 Å². The number of hydrogen-bond donors (Lipinski definition) is 3. The third-order valence-electron chi connectivity index (χ3n) is 4.00. The third-order valence-corrected chi connectivity index (χ3v) is 4.00. The number of benzene rings is 2. The van der Waals surface area contributed by atoms with Gasteiger partial charge in [-0.2, -0.15) is 0 Å². The van der Waals surface area contributed by atoms with Gasteiger partial charge in [0.2, 0.25) is 0 Å². The molecule has 0 spiro atoms. The van der Waals surface area contributed by atoms with Gasteiger partial charge in [0.25, 0.3) is 5.91 Å². The summed E-state index contributed by atoms with van der Waals surface area (Å²) in [6.45, 7) is 2.87. The molecular formula is C19H24N3O2+. The molecule has 5 heteroatoms. The van der Waals surface area contributed by atoms with Crippen molar-refractivity contribution >= 4 is 11.9 Å². The highest BCUT2D eigenvalue weighted by atomic mass is 16.2. The number of urea groups is 1. The second-order valence-electron chi connectivity index (χ2n) is 5.74. The van der Waals surface area contributed by atoms with E-state index in [2.05, 4.69) is 29.7 Å². The van der Waals surface area contributed by atoms with E-state index >= 15 is 0 Å². The van der Waals surface area contributed by atoms with E-state index in [9.17, 15) is 9.59 Å². The molecule has 0 saturated heterocycles. The molecule has 0 saturated carbocycles. The topological polar surface area (TPSA) is 74.8 Å². The monoisotopic (exact) mass is 326 g/mol. The van der Waals surface area contributed by atoms with E-state index in [1.165, 1.54) is 12.6 Å². The van der Waals surface area contributed by atoms with Crippen LogP contribution in [-0.2, 0) is 4.79 Å². The van der Waals surface area contributed by atoms with Crippen LogP contribution in [0.25, 0.3) is 0 Å². The first-order valence-corrected chi connectivity index (χ1v) is 8.07. The van der Waals surface area contributed by atoms with Crippen LogP contribution in [0.15, 0.2) is 60.7 Å². The Hall–Kier alpha value is -2.66. The van der Waals surface area contributed by atoms with Crippen LogP contribution in [0.3, 0.4) is 0 Å². The fraction of sp³-hybridized carbons (Fsp3) is 0.263. The first kappa shape index (κ1) is 17.7. The summed E-state index contributed by atoms with van der Waals surface area (Å²) in [5.41, 5.74) is 2.10. The normalized spacial score (nSPS) is 12.9. The Morgan fingerprint density at radius 3 is 2.04 bits per heavy atom. The second-order valence-corrected chi connectivity index (χ2v) is 5.74. The van der Waals surface area contributed by atoms with Gasteiger partial charge in [-0.3, -0.25) is 10.1 Å². The molecule has 5 nitrogen and oxygen atoms in total. The molecule has 0 heterocycles. The number of imide groups is 1. The maximum Gasteiger partial charge on any atom is 0.321 e. The minimum Gasteiger partial charge on any atom is -0.341 e. The van der Waals surface area contributed by atoms with Gasteiger partial charge in [0.1, 0.15) is 0 Å². The van der Waals surface area contributed by atoms with Gasteiger partial charge in [-0.25, -0.2) is 4.79 Å². The van der Waals surface area contributed by atoms with Crippen LogP contribution >= 0.6 is 0 Å². The third kappa shape index (κ3) is 4.93. The predicted molar refractivity (Wildman–Crippen MR) is 93.4 cm³/mol. The van der Waals surface area contributed by atoms with Crippen molar-refractivity contribution in [3.05, 3.63) is 71.8 Å². The van der Waals surface area contributed by atoms with Crippen LogP contribution in [0.4, 0.5) is 4.79 Å². The van der Waals surface area contributed by atoms with Crippen molar-refractivity contribution in [3.63, 3.8) is 0 Å². The van der Waals surface area contributed by atoms with Gasteiger partial charge in [-0.1, -0.05) is 67.6 Å². The Morgan fingerprint density at radius 1 is 0.958 bits per heavy atom. The van der Waals surface area contributed by atoms with E-state index in [0.717, 1.165) is 12.1 Å². The first-order chi connectivity index (χ1) is 11.6. The Bertz CT molecular complexity index is 659. The maximum atomic E-state index is 12.5. The summed E-state index contributed by atoms with van der Waals surface area (Å²) in [6, 6.07) is 18.7. The van der Waals surface area contributed by atoms with E-state index in [1.54, 1.807) is 0 Å². The lowest BCUT2D eigenvalue weighted by atomic mass is 10.00. The quantitative estimate of drug-likeness (QED) is 0.753. The van der Waals surface area contributed by atoms with Crippen LogP contribution in [0.1, 0.15) is 30.0 Å². The van der Waals surface area contributed by atoms with Gasteiger partial charge < -0.3 is 10.6 Å². The molecule has 126 valence electrons. The van der Waals surface area contributed by atoms with Crippen molar-refractivity contribution < 1.29 is 14.9 Å². The lowest BCUT2D eigenvalue weighted by Crippen LogP contribution is -2.88. The minimum absolute atomic E-state index is 0.296. The lowest BCUT2D eigenvalue weighted by molar-refractivity contribution is -0.684. The van der Waals surface area contributed by atoms with Crippen LogP contribution in [-0.4, -0.2) is 25.5 Å². The summed E-state index contributed by atoms with van der Waals surface area (Å²) in [5, 5.41) is 6.76. The Morgan fingerprint density at radius 2 is 1.50 bits per heavy atom. The van der Waals surface area contributed by atoms with Gasteiger partial charge in [-0.05, 0) is 5.56 Å². The van der Waals surface area contributed by atoms with E-state index < -0.39 is 12.1 Å². The van der Waals surface area contributed by atoms with Crippen molar-refractivity contribution in [1.29, 1.82) is 0 Å². The van der Waals surface area contributed by atoms with E-state index in [0.29, 0.717) is 5.92 Å². The summed E-state index contributed by atoms with van der Waals surface area (Å²) in [7, 11) is 1.49. The molecule has 0 aliphatic rings. The molecule has 0 aliphatic carbocycles. The van der Waals surface area contributed by atoms with Crippen molar-refractivity contribution in [1.82, 2.24) is 10.6 Å². The molecule has 0 aromatic heterocycles. The molecule has 2 aromatic rings. The lowest BCUT2D eigenvalue weighted by Gasteiger charge is -2.18. The molecular weight excluding hydrogens is 302 g/mol. The summed E-state index contributed by atoms with van der Waals surface area (Å²) in [4.78, 5) is 23.9. The summed E-state index contributed by atoms with van der Waals surface area (Å²) < 4.78 is 0.